The highest BCUT2D eigenvalue weighted by atomic mass is 28.3. The summed E-state index contributed by atoms with van der Waals surface area (Å²) in [6, 6.07) is 12.1. The second kappa shape index (κ2) is 10.1. The lowest BCUT2D eigenvalue weighted by Crippen LogP contribution is -2.40. The van der Waals surface area contributed by atoms with E-state index in [0.29, 0.717) is 0 Å². The summed E-state index contributed by atoms with van der Waals surface area (Å²) in [6.45, 7) is 14.2. The number of hydrogen-bond acceptors (Lipinski definition) is 5. The fraction of sp³-hybridized carbons (Fsp3) is 0.478. The zero-order valence-corrected chi connectivity index (χ0v) is 21.7. The smallest absolute Gasteiger partial charge is 0.188 e. The van der Waals surface area contributed by atoms with Crippen LogP contribution in [-0.2, 0) is 9.47 Å². The largest absolute Gasteiger partial charge is 0.467 e. The zero-order valence-electron chi connectivity index (χ0n) is 19.7. The standard InChI is InChI=1S/C23H37NO4Si2/c1-25-15-27-22-17(11-9-13-19(22)29(3,4)5)21(24)18-12-10-14-20(30(6,7)8)23(18)28-16-26-2/h9-14,21H,15-16,24H2,1-8H3. The Bertz CT molecular complexity index is 775. The summed E-state index contributed by atoms with van der Waals surface area (Å²) in [7, 11) is -0.0643. The van der Waals surface area contributed by atoms with Crippen molar-refractivity contribution in [1.29, 1.82) is 0 Å². The van der Waals surface area contributed by atoms with E-state index < -0.39 is 22.2 Å². The first kappa shape index (κ1) is 24.6. The summed E-state index contributed by atoms with van der Waals surface area (Å²) in [5.41, 5.74) is 8.77. The third-order valence-electron chi connectivity index (χ3n) is 5.02. The lowest BCUT2D eigenvalue weighted by molar-refractivity contribution is 0.0501. The highest BCUT2D eigenvalue weighted by Gasteiger charge is 2.29. The maximum Gasteiger partial charge on any atom is 0.188 e. The Morgan fingerprint density at radius 1 is 0.700 bits per heavy atom. The summed E-state index contributed by atoms with van der Waals surface area (Å²) in [5.74, 6) is 1.67. The van der Waals surface area contributed by atoms with Crippen molar-refractivity contribution >= 4 is 26.5 Å². The summed E-state index contributed by atoms with van der Waals surface area (Å²) >= 11 is 0. The minimum Gasteiger partial charge on any atom is -0.467 e. The van der Waals surface area contributed by atoms with Crippen LogP contribution in [0.4, 0.5) is 0 Å². The topological polar surface area (TPSA) is 62.9 Å². The van der Waals surface area contributed by atoms with Crippen molar-refractivity contribution in [1.82, 2.24) is 0 Å². The van der Waals surface area contributed by atoms with Crippen molar-refractivity contribution < 1.29 is 18.9 Å². The van der Waals surface area contributed by atoms with Crippen molar-refractivity contribution in [3.05, 3.63) is 47.5 Å². The van der Waals surface area contributed by atoms with Crippen molar-refractivity contribution in [3.63, 3.8) is 0 Å². The summed E-state index contributed by atoms with van der Waals surface area (Å²) in [4.78, 5) is 0. The molecular weight excluding hydrogens is 410 g/mol. The zero-order chi connectivity index (χ0) is 22.5. The van der Waals surface area contributed by atoms with Crippen molar-refractivity contribution in [3.8, 4) is 11.5 Å². The molecule has 166 valence electrons. The highest BCUT2D eigenvalue weighted by molar-refractivity contribution is 6.89. The molecule has 0 amide bonds. The van der Waals surface area contributed by atoms with Crippen LogP contribution in [0.25, 0.3) is 0 Å². The summed E-state index contributed by atoms with van der Waals surface area (Å²) < 4.78 is 22.6. The SMILES string of the molecule is COCOc1c(C(N)c2cccc([Si](C)(C)C)c2OCOC)cccc1[Si](C)(C)C. The van der Waals surface area contributed by atoms with Crippen LogP contribution >= 0.6 is 0 Å². The summed E-state index contributed by atoms with van der Waals surface area (Å²) in [6.07, 6.45) is 0. The number of hydrogen-bond donors (Lipinski definition) is 1. The molecule has 0 radical (unpaired) electrons. The Labute approximate surface area is 183 Å². The fourth-order valence-electron chi connectivity index (χ4n) is 3.51. The molecule has 0 aromatic heterocycles. The Balaban J connectivity index is 2.67. The van der Waals surface area contributed by atoms with E-state index in [2.05, 4.69) is 63.5 Å². The molecule has 30 heavy (non-hydrogen) atoms. The molecule has 7 heteroatoms. The van der Waals surface area contributed by atoms with Gasteiger partial charge in [-0.15, -0.1) is 0 Å². The normalized spacial score (nSPS) is 12.3. The molecule has 0 aliphatic heterocycles. The molecule has 0 spiro atoms. The second-order valence-corrected chi connectivity index (χ2v) is 19.6. The third-order valence-corrected chi connectivity index (χ3v) is 9.04. The lowest BCUT2D eigenvalue weighted by atomic mass is 9.97. The van der Waals surface area contributed by atoms with Crippen molar-refractivity contribution in [2.24, 2.45) is 5.73 Å². The molecular formula is C23H37NO4Si2. The minimum absolute atomic E-state index is 0.184. The van der Waals surface area contributed by atoms with Gasteiger partial charge in [0, 0.05) is 25.3 Å². The maximum atomic E-state index is 6.87. The molecule has 0 bridgehead atoms. The Morgan fingerprint density at radius 3 is 1.37 bits per heavy atom. The van der Waals surface area contributed by atoms with E-state index >= 15 is 0 Å². The number of ether oxygens (including phenoxy) is 4. The van der Waals surface area contributed by atoms with Crippen LogP contribution in [-0.4, -0.2) is 44.0 Å². The van der Waals surface area contributed by atoms with Crippen LogP contribution in [0.2, 0.25) is 39.3 Å². The number of rotatable bonds is 10. The molecule has 0 unspecified atom stereocenters. The summed E-state index contributed by atoms with van der Waals surface area (Å²) in [5, 5.41) is 2.46. The average Bonchev–Trinajstić information content (AvgIpc) is 2.68. The second-order valence-electron chi connectivity index (χ2n) is 9.53. The average molecular weight is 448 g/mol. The fourth-order valence-corrected chi connectivity index (χ4v) is 6.49. The van der Waals surface area contributed by atoms with Gasteiger partial charge in [-0.3, -0.25) is 0 Å². The van der Waals surface area contributed by atoms with Gasteiger partial charge in [-0.1, -0.05) is 75.7 Å². The van der Waals surface area contributed by atoms with E-state index in [0.717, 1.165) is 22.6 Å². The third kappa shape index (κ3) is 5.73. The number of para-hydroxylation sites is 2. The van der Waals surface area contributed by atoms with Gasteiger partial charge in [0.05, 0.1) is 22.2 Å². The first-order chi connectivity index (χ1) is 14.0. The van der Waals surface area contributed by atoms with Crippen LogP contribution in [0.15, 0.2) is 36.4 Å². The predicted octanol–water partition coefficient (Wildman–Crippen LogP) is 3.79. The monoisotopic (exact) mass is 447 g/mol. The quantitative estimate of drug-likeness (QED) is 0.443. The number of methoxy groups -OCH3 is 2. The van der Waals surface area contributed by atoms with E-state index in [1.807, 2.05) is 12.1 Å². The molecule has 0 saturated heterocycles. The van der Waals surface area contributed by atoms with Crippen LogP contribution in [0.5, 0.6) is 11.5 Å². The molecule has 0 fully saturated rings. The molecule has 2 aromatic rings. The molecule has 5 nitrogen and oxygen atoms in total. The number of benzene rings is 2. The van der Waals surface area contributed by atoms with Crippen LogP contribution in [0.3, 0.4) is 0 Å². The van der Waals surface area contributed by atoms with Gasteiger partial charge in [0.1, 0.15) is 11.5 Å². The minimum atomic E-state index is -1.66. The molecule has 0 atom stereocenters. The molecule has 0 saturated carbocycles. The van der Waals surface area contributed by atoms with E-state index in [-0.39, 0.29) is 13.6 Å². The van der Waals surface area contributed by atoms with Crippen molar-refractivity contribution in [2.45, 2.75) is 45.3 Å². The molecule has 2 N–H and O–H groups in total. The molecule has 0 aliphatic rings. The van der Waals surface area contributed by atoms with Gasteiger partial charge >= 0.3 is 0 Å². The Kier molecular flexibility index (Phi) is 8.30. The van der Waals surface area contributed by atoms with Crippen LogP contribution in [0.1, 0.15) is 17.2 Å². The first-order valence-corrected chi connectivity index (χ1v) is 17.3. The first-order valence-electron chi connectivity index (χ1n) is 10.3. The molecule has 0 aliphatic carbocycles. The molecule has 0 heterocycles. The molecule has 2 rings (SSSR count). The van der Waals surface area contributed by atoms with E-state index in [4.69, 9.17) is 24.7 Å². The van der Waals surface area contributed by atoms with Gasteiger partial charge in [-0.05, 0) is 10.4 Å². The Hall–Kier alpha value is -1.65. The van der Waals surface area contributed by atoms with Gasteiger partial charge in [0.15, 0.2) is 13.6 Å². The van der Waals surface area contributed by atoms with E-state index in [1.165, 1.54) is 10.4 Å². The molecule has 2 aromatic carbocycles. The van der Waals surface area contributed by atoms with Gasteiger partial charge in [-0.2, -0.15) is 0 Å². The Morgan fingerprint density at radius 2 is 1.07 bits per heavy atom. The van der Waals surface area contributed by atoms with Crippen molar-refractivity contribution in [2.75, 3.05) is 27.8 Å². The van der Waals surface area contributed by atoms with Crippen LogP contribution < -0.4 is 25.6 Å². The highest BCUT2D eigenvalue weighted by Crippen LogP contribution is 2.34. The van der Waals surface area contributed by atoms with Gasteiger partial charge < -0.3 is 24.7 Å². The predicted molar refractivity (Wildman–Crippen MR) is 130 cm³/mol. The lowest BCUT2D eigenvalue weighted by Gasteiger charge is -2.28. The van der Waals surface area contributed by atoms with Gasteiger partial charge in [0.2, 0.25) is 0 Å². The van der Waals surface area contributed by atoms with Gasteiger partial charge in [-0.25, -0.2) is 0 Å². The van der Waals surface area contributed by atoms with E-state index in [9.17, 15) is 0 Å². The van der Waals surface area contributed by atoms with Gasteiger partial charge in [0.25, 0.3) is 0 Å². The maximum absolute atomic E-state index is 6.87. The van der Waals surface area contributed by atoms with E-state index in [1.54, 1.807) is 14.2 Å². The van der Waals surface area contributed by atoms with Crippen LogP contribution in [0, 0.1) is 0 Å². The number of nitrogens with two attached hydrogens (primary N) is 1.